The predicted octanol–water partition coefficient (Wildman–Crippen LogP) is 4.40. The Balaban J connectivity index is 2.14. The Morgan fingerprint density at radius 2 is 1.75 bits per heavy atom. The van der Waals surface area contributed by atoms with Crippen molar-refractivity contribution in [3.63, 3.8) is 0 Å². The molecule has 1 heterocycles. The first-order chi connectivity index (χ1) is 9.67. The van der Waals surface area contributed by atoms with Crippen LogP contribution in [-0.2, 0) is 0 Å². The zero-order chi connectivity index (χ0) is 14.1. The lowest BCUT2D eigenvalue weighted by Gasteiger charge is -2.00. The quantitative estimate of drug-likeness (QED) is 0.699. The molecule has 100 valence electrons. The number of methoxy groups -OCH3 is 1. The van der Waals surface area contributed by atoms with Crippen LogP contribution in [0.2, 0.25) is 0 Å². The summed E-state index contributed by atoms with van der Waals surface area (Å²) in [6.07, 6.45) is 0. The van der Waals surface area contributed by atoms with E-state index in [1.165, 1.54) is 0 Å². The molecule has 20 heavy (non-hydrogen) atoms. The van der Waals surface area contributed by atoms with E-state index < -0.39 is 0 Å². The van der Waals surface area contributed by atoms with Crippen molar-refractivity contribution in [3.05, 3.63) is 54.1 Å². The molecule has 0 atom stereocenters. The van der Waals surface area contributed by atoms with Gasteiger partial charge in [0.2, 0.25) is 0 Å². The Hall–Kier alpha value is -2.55. The van der Waals surface area contributed by atoms with Crippen LogP contribution in [0, 0.1) is 6.92 Å². The van der Waals surface area contributed by atoms with E-state index in [1.807, 2.05) is 37.3 Å². The molecule has 0 aliphatic carbocycles. The third-order valence-electron chi connectivity index (χ3n) is 3.29. The van der Waals surface area contributed by atoms with Crippen LogP contribution < -0.4 is 4.74 Å². The highest BCUT2D eigenvalue weighted by Crippen LogP contribution is 2.30. The maximum atomic E-state index is 9.51. The smallest absolute Gasteiger partial charge is 0.363 e. The highest BCUT2D eigenvalue weighted by atomic mass is 16.5. The molecule has 0 amide bonds. The van der Waals surface area contributed by atoms with Gasteiger partial charge in [0.25, 0.3) is 0 Å². The molecule has 0 bridgehead atoms. The van der Waals surface area contributed by atoms with Crippen LogP contribution in [0.1, 0.15) is 5.56 Å². The lowest BCUT2D eigenvalue weighted by molar-refractivity contribution is 0.415. The molecule has 3 heteroatoms. The largest absolute Gasteiger partial charge is 0.508 e. The fourth-order valence-electron chi connectivity index (χ4n) is 2.26. The van der Waals surface area contributed by atoms with Crippen LogP contribution >= 0.6 is 0 Å². The molecule has 1 N–H and O–H groups in total. The molecule has 0 aliphatic rings. The van der Waals surface area contributed by atoms with Gasteiger partial charge in [-0.05, 0) is 49.4 Å². The number of rotatable bonds is 2. The first-order valence-corrected chi connectivity index (χ1v) is 6.38. The van der Waals surface area contributed by atoms with Crippen molar-refractivity contribution in [2.75, 3.05) is 7.11 Å². The summed E-state index contributed by atoms with van der Waals surface area (Å²) in [5.41, 5.74) is 2.77. The zero-order valence-electron chi connectivity index (χ0n) is 11.4. The van der Waals surface area contributed by atoms with Crippen molar-refractivity contribution in [3.8, 4) is 22.8 Å². The van der Waals surface area contributed by atoms with Crippen molar-refractivity contribution < 1.29 is 14.3 Å². The van der Waals surface area contributed by atoms with E-state index in [0.29, 0.717) is 0 Å². The fourth-order valence-corrected chi connectivity index (χ4v) is 2.26. The molecule has 0 radical (unpaired) electrons. The van der Waals surface area contributed by atoms with Gasteiger partial charge in [-0.15, -0.1) is 0 Å². The van der Waals surface area contributed by atoms with Crippen LogP contribution in [-0.4, -0.2) is 12.2 Å². The lowest BCUT2D eigenvalue weighted by Crippen LogP contribution is -1.86. The van der Waals surface area contributed by atoms with Gasteiger partial charge in [-0.1, -0.05) is 0 Å². The summed E-state index contributed by atoms with van der Waals surface area (Å²) in [6.45, 7) is 1.99. The minimum atomic E-state index is 0.240. The molecule has 0 saturated carbocycles. The molecule has 2 aromatic carbocycles. The molecule has 3 rings (SSSR count). The maximum Gasteiger partial charge on any atom is 0.363 e. The molecule has 3 nitrogen and oxygen atoms in total. The third kappa shape index (κ3) is 2.18. The Labute approximate surface area is 117 Å². The van der Waals surface area contributed by atoms with Crippen molar-refractivity contribution >= 4 is 11.0 Å². The first-order valence-electron chi connectivity index (χ1n) is 6.38. The van der Waals surface area contributed by atoms with Gasteiger partial charge in [0, 0.05) is 6.07 Å². The number of phenolic OH excluding ortho intramolecular Hbond substituents is 1. The molecular formula is C17H15O3+. The Kier molecular flexibility index (Phi) is 3.03. The standard InChI is InChI=1S/C17H14O3/c1-11-9-13-10-14(18)5-8-16(13)20-17(11)12-3-6-15(19-2)7-4-12/h3-10H,1-2H3/p+1. The number of aryl methyl sites for hydroxylation is 1. The van der Waals surface area contributed by atoms with Crippen LogP contribution in [0.4, 0.5) is 0 Å². The molecule has 0 saturated heterocycles. The van der Waals surface area contributed by atoms with Gasteiger partial charge >= 0.3 is 11.3 Å². The molecule has 0 unspecified atom stereocenters. The molecule has 3 aromatic rings. The van der Waals surface area contributed by atoms with Gasteiger partial charge < -0.3 is 9.84 Å². The predicted molar refractivity (Wildman–Crippen MR) is 79.0 cm³/mol. The minimum Gasteiger partial charge on any atom is -0.508 e. The van der Waals surface area contributed by atoms with Crippen molar-refractivity contribution in [2.24, 2.45) is 0 Å². The molecule has 1 aromatic heterocycles. The number of fused-ring (bicyclic) bond motifs is 1. The third-order valence-corrected chi connectivity index (χ3v) is 3.29. The summed E-state index contributed by atoms with van der Waals surface area (Å²) in [7, 11) is 1.65. The van der Waals surface area contributed by atoms with Crippen molar-refractivity contribution in [1.82, 2.24) is 0 Å². The highest BCUT2D eigenvalue weighted by Gasteiger charge is 2.19. The number of hydrogen-bond donors (Lipinski definition) is 1. The second kappa shape index (κ2) is 4.85. The van der Waals surface area contributed by atoms with E-state index in [4.69, 9.17) is 9.15 Å². The van der Waals surface area contributed by atoms with E-state index in [2.05, 4.69) is 0 Å². The summed E-state index contributed by atoms with van der Waals surface area (Å²) >= 11 is 0. The van der Waals surface area contributed by atoms with Gasteiger partial charge in [-0.3, -0.25) is 0 Å². The monoisotopic (exact) mass is 267 g/mol. The van der Waals surface area contributed by atoms with Crippen LogP contribution in [0.5, 0.6) is 11.5 Å². The number of hydrogen-bond acceptors (Lipinski definition) is 2. The van der Waals surface area contributed by atoms with E-state index in [-0.39, 0.29) is 5.75 Å². The number of phenols is 1. The topological polar surface area (TPSA) is 40.8 Å². The first kappa shape index (κ1) is 12.5. The summed E-state index contributed by atoms with van der Waals surface area (Å²) in [6, 6.07) is 14.9. The number of benzene rings is 2. The van der Waals surface area contributed by atoms with E-state index >= 15 is 0 Å². The van der Waals surface area contributed by atoms with Crippen molar-refractivity contribution in [1.29, 1.82) is 0 Å². The average molecular weight is 267 g/mol. The number of ether oxygens (including phenoxy) is 1. The Morgan fingerprint density at radius 1 is 1.00 bits per heavy atom. The second-order valence-corrected chi connectivity index (χ2v) is 4.71. The number of aromatic hydroxyl groups is 1. The van der Waals surface area contributed by atoms with Crippen LogP contribution in [0.3, 0.4) is 0 Å². The molecule has 0 aliphatic heterocycles. The van der Waals surface area contributed by atoms with Gasteiger partial charge in [-0.25, -0.2) is 4.42 Å². The summed E-state index contributed by atoms with van der Waals surface area (Å²) < 4.78 is 11.1. The Morgan fingerprint density at radius 3 is 2.45 bits per heavy atom. The zero-order valence-corrected chi connectivity index (χ0v) is 11.4. The van der Waals surface area contributed by atoms with E-state index in [9.17, 15) is 5.11 Å². The lowest BCUT2D eigenvalue weighted by atomic mass is 10.1. The van der Waals surface area contributed by atoms with E-state index in [1.54, 1.807) is 25.3 Å². The SMILES string of the molecule is COc1ccc(-c2[o+]c3ccc(O)cc3cc2C)cc1. The molecule has 0 spiro atoms. The van der Waals surface area contributed by atoms with Gasteiger partial charge in [0.05, 0.1) is 23.6 Å². The van der Waals surface area contributed by atoms with E-state index in [0.717, 1.165) is 33.6 Å². The normalized spacial score (nSPS) is 10.7. The maximum absolute atomic E-state index is 9.51. The summed E-state index contributed by atoms with van der Waals surface area (Å²) in [5, 5.41) is 10.4. The van der Waals surface area contributed by atoms with Gasteiger partial charge in [-0.2, -0.15) is 0 Å². The second-order valence-electron chi connectivity index (χ2n) is 4.71. The summed E-state index contributed by atoms with van der Waals surface area (Å²) in [5.74, 6) is 1.88. The molecular weight excluding hydrogens is 252 g/mol. The average Bonchev–Trinajstić information content (AvgIpc) is 2.46. The fraction of sp³-hybridized carbons (Fsp3) is 0.118. The molecule has 0 fully saturated rings. The van der Waals surface area contributed by atoms with Gasteiger partial charge in [0.15, 0.2) is 0 Å². The Bertz CT molecular complexity index is 761. The minimum absolute atomic E-state index is 0.240. The summed E-state index contributed by atoms with van der Waals surface area (Å²) in [4.78, 5) is 0. The van der Waals surface area contributed by atoms with Crippen LogP contribution in [0.15, 0.2) is 52.9 Å². The van der Waals surface area contributed by atoms with Gasteiger partial charge in [0.1, 0.15) is 11.5 Å². The van der Waals surface area contributed by atoms with Crippen LogP contribution in [0.25, 0.3) is 22.3 Å². The highest BCUT2D eigenvalue weighted by molar-refractivity contribution is 5.81. The van der Waals surface area contributed by atoms with Crippen molar-refractivity contribution in [2.45, 2.75) is 6.92 Å².